The van der Waals surface area contributed by atoms with Gasteiger partial charge >= 0.3 is 0 Å². The fourth-order valence-electron chi connectivity index (χ4n) is 2.08. The fourth-order valence-corrected chi connectivity index (χ4v) is 3.20. The Morgan fingerprint density at radius 3 is 2.59 bits per heavy atom. The van der Waals surface area contributed by atoms with Crippen LogP contribution in [0, 0.1) is 11.3 Å². The lowest BCUT2D eigenvalue weighted by atomic mass is 9.92. The second-order valence-corrected chi connectivity index (χ2v) is 7.08. The summed E-state index contributed by atoms with van der Waals surface area (Å²) in [5, 5.41) is 9.26. The highest BCUT2D eigenvalue weighted by molar-refractivity contribution is 9.10. The second kappa shape index (κ2) is 6.23. The van der Waals surface area contributed by atoms with Gasteiger partial charge in [-0.15, -0.1) is 0 Å². The minimum atomic E-state index is -0.300. The first-order valence-corrected chi connectivity index (χ1v) is 7.87. The minimum absolute atomic E-state index is 0.117. The van der Waals surface area contributed by atoms with E-state index >= 15 is 0 Å². The van der Waals surface area contributed by atoms with Gasteiger partial charge in [-0.1, -0.05) is 39.0 Å². The summed E-state index contributed by atoms with van der Waals surface area (Å²) < 4.78 is 1.76. The number of halogens is 2. The number of hydrogen-bond donors (Lipinski definition) is 0. The molecular formula is C16H15BrClN3O. The average molecular weight is 381 g/mol. The van der Waals surface area contributed by atoms with Crippen molar-refractivity contribution in [3.05, 3.63) is 61.2 Å². The molecule has 0 unspecified atom stereocenters. The molecule has 0 aliphatic rings. The number of rotatable bonds is 2. The van der Waals surface area contributed by atoms with Crippen molar-refractivity contribution in [3.8, 4) is 6.07 Å². The number of benzene rings is 1. The molecule has 2 aromatic rings. The summed E-state index contributed by atoms with van der Waals surface area (Å²) in [6.45, 7) is 6.10. The summed E-state index contributed by atoms with van der Waals surface area (Å²) in [5.74, 6) is 0. The Kier molecular flexibility index (Phi) is 4.74. The third-order valence-electron chi connectivity index (χ3n) is 3.24. The van der Waals surface area contributed by atoms with E-state index in [0.717, 1.165) is 5.56 Å². The Balaban J connectivity index is 2.57. The van der Waals surface area contributed by atoms with Crippen molar-refractivity contribution >= 4 is 27.5 Å². The van der Waals surface area contributed by atoms with Gasteiger partial charge in [-0.2, -0.15) is 5.26 Å². The molecule has 0 atom stereocenters. The topological polar surface area (TPSA) is 58.7 Å². The highest BCUT2D eigenvalue weighted by atomic mass is 79.9. The first-order chi connectivity index (χ1) is 10.3. The van der Waals surface area contributed by atoms with E-state index < -0.39 is 0 Å². The van der Waals surface area contributed by atoms with Crippen molar-refractivity contribution < 1.29 is 0 Å². The highest BCUT2D eigenvalue weighted by Crippen LogP contribution is 2.27. The van der Waals surface area contributed by atoms with E-state index in [1.54, 1.807) is 18.2 Å². The smallest absolute Gasteiger partial charge is 0.269 e. The van der Waals surface area contributed by atoms with Crippen molar-refractivity contribution in [1.82, 2.24) is 9.55 Å². The van der Waals surface area contributed by atoms with E-state index in [1.165, 1.54) is 4.57 Å². The van der Waals surface area contributed by atoms with Crippen LogP contribution in [0.3, 0.4) is 0 Å². The normalized spacial score (nSPS) is 11.3. The van der Waals surface area contributed by atoms with E-state index in [9.17, 15) is 4.79 Å². The molecule has 0 aliphatic heterocycles. The van der Waals surface area contributed by atoms with Crippen LogP contribution in [0.25, 0.3) is 0 Å². The number of nitrogens with zero attached hydrogens (tertiary/aromatic N) is 3. The van der Waals surface area contributed by atoms with Crippen molar-refractivity contribution in [1.29, 1.82) is 5.26 Å². The van der Waals surface area contributed by atoms with Crippen LogP contribution in [0.2, 0.25) is 5.28 Å². The van der Waals surface area contributed by atoms with Crippen molar-refractivity contribution in [3.63, 3.8) is 0 Å². The molecule has 0 radical (unpaired) electrons. The van der Waals surface area contributed by atoms with E-state index in [0.29, 0.717) is 15.7 Å². The molecule has 6 heteroatoms. The number of aromatic nitrogens is 2. The zero-order valence-electron chi connectivity index (χ0n) is 12.5. The van der Waals surface area contributed by atoms with Crippen LogP contribution in [-0.4, -0.2) is 9.55 Å². The van der Waals surface area contributed by atoms with Crippen LogP contribution >= 0.6 is 27.5 Å². The van der Waals surface area contributed by atoms with Gasteiger partial charge in [0.2, 0.25) is 5.28 Å². The fraction of sp³-hybridized carbons (Fsp3) is 0.312. The van der Waals surface area contributed by atoms with Crippen LogP contribution < -0.4 is 5.56 Å². The predicted molar refractivity (Wildman–Crippen MR) is 90.2 cm³/mol. The standard InChI is InChI=1S/C16H15BrClN3O/c1-16(2,3)13-12(17)14(22)21(15(18)20-13)9-11-7-5-4-6-10(11)8-19/h4-7H,9H2,1-3H3. The molecule has 0 fully saturated rings. The molecule has 0 saturated heterocycles. The molecule has 0 bridgehead atoms. The minimum Gasteiger partial charge on any atom is -0.278 e. The summed E-state index contributed by atoms with van der Waals surface area (Å²) in [5.41, 5.74) is 1.31. The zero-order chi connectivity index (χ0) is 16.5. The monoisotopic (exact) mass is 379 g/mol. The maximum atomic E-state index is 12.6. The summed E-state index contributed by atoms with van der Waals surface area (Å²) >= 11 is 9.54. The van der Waals surface area contributed by atoms with Gasteiger partial charge in [0.15, 0.2) is 0 Å². The summed E-state index contributed by atoms with van der Waals surface area (Å²) in [6, 6.07) is 9.22. The molecule has 4 nitrogen and oxygen atoms in total. The van der Waals surface area contributed by atoms with E-state index in [2.05, 4.69) is 27.0 Å². The second-order valence-electron chi connectivity index (χ2n) is 5.95. The number of nitriles is 1. The zero-order valence-corrected chi connectivity index (χ0v) is 14.9. The average Bonchev–Trinajstić information content (AvgIpc) is 2.46. The summed E-state index contributed by atoms with van der Waals surface area (Å²) in [4.78, 5) is 16.9. The molecule has 0 saturated carbocycles. The van der Waals surface area contributed by atoms with Crippen molar-refractivity contribution in [2.24, 2.45) is 0 Å². The molecular weight excluding hydrogens is 366 g/mol. The molecule has 114 valence electrons. The molecule has 22 heavy (non-hydrogen) atoms. The van der Waals surface area contributed by atoms with E-state index in [1.807, 2.05) is 26.8 Å². The Hall–Kier alpha value is -1.64. The lowest BCUT2D eigenvalue weighted by Crippen LogP contribution is -2.29. The highest BCUT2D eigenvalue weighted by Gasteiger charge is 2.24. The van der Waals surface area contributed by atoms with Gasteiger partial charge in [-0.25, -0.2) is 4.98 Å². The van der Waals surface area contributed by atoms with Gasteiger partial charge in [0.25, 0.3) is 5.56 Å². The maximum absolute atomic E-state index is 12.6. The third-order valence-corrected chi connectivity index (χ3v) is 4.25. The lowest BCUT2D eigenvalue weighted by molar-refractivity contribution is 0.552. The van der Waals surface area contributed by atoms with Crippen LogP contribution in [0.1, 0.15) is 37.6 Å². The Morgan fingerprint density at radius 2 is 2.00 bits per heavy atom. The molecule has 1 aromatic carbocycles. The Labute approximate surface area is 142 Å². The van der Waals surface area contributed by atoms with Crippen LogP contribution in [0.5, 0.6) is 0 Å². The third kappa shape index (κ3) is 3.23. The van der Waals surface area contributed by atoms with Crippen LogP contribution in [0.4, 0.5) is 0 Å². The van der Waals surface area contributed by atoms with Gasteiger partial charge in [0.05, 0.1) is 23.9 Å². The Bertz CT molecular complexity index is 816. The SMILES string of the molecule is CC(C)(C)c1nc(Cl)n(Cc2ccccc2C#N)c(=O)c1Br. The molecule has 0 aliphatic carbocycles. The maximum Gasteiger partial charge on any atom is 0.269 e. The molecule has 0 amide bonds. The molecule has 2 rings (SSSR count). The molecule has 1 aromatic heterocycles. The van der Waals surface area contributed by atoms with Gasteiger partial charge in [0.1, 0.15) is 4.47 Å². The van der Waals surface area contributed by atoms with E-state index in [4.69, 9.17) is 16.9 Å². The van der Waals surface area contributed by atoms with Gasteiger partial charge in [-0.05, 0) is 39.2 Å². The lowest BCUT2D eigenvalue weighted by Gasteiger charge is -2.21. The molecule has 0 N–H and O–H groups in total. The van der Waals surface area contributed by atoms with Crippen LogP contribution in [-0.2, 0) is 12.0 Å². The predicted octanol–water partition coefficient (Wildman–Crippen LogP) is 3.88. The Morgan fingerprint density at radius 1 is 1.36 bits per heavy atom. The quantitative estimate of drug-likeness (QED) is 0.743. The van der Waals surface area contributed by atoms with Crippen molar-refractivity contribution in [2.75, 3.05) is 0 Å². The summed E-state index contributed by atoms with van der Waals surface area (Å²) in [6.07, 6.45) is 0. The first-order valence-electron chi connectivity index (χ1n) is 6.70. The first kappa shape index (κ1) is 16.7. The van der Waals surface area contributed by atoms with Gasteiger partial charge in [0, 0.05) is 5.41 Å². The number of hydrogen-bond acceptors (Lipinski definition) is 3. The molecule has 0 spiro atoms. The van der Waals surface area contributed by atoms with Gasteiger partial charge < -0.3 is 0 Å². The van der Waals surface area contributed by atoms with E-state index in [-0.39, 0.29) is 22.8 Å². The molecule has 1 heterocycles. The summed E-state index contributed by atoms with van der Waals surface area (Å²) in [7, 11) is 0. The van der Waals surface area contributed by atoms with Gasteiger partial charge in [-0.3, -0.25) is 9.36 Å². The van der Waals surface area contributed by atoms with Crippen molar-refractivity contribution in [2.45, 2.75) is 32.7 Å². The van der Waals surface area contributed by atoms with Crippen LogP contribution in [0.15, 0.2) is 33.5 Å². The largest absolute Gasteiger partial charge is 0.278 e.